The first-order valence-corrected chi connectivity index (χ1v) is 6.31. The van der Waals surface area contributed by atoms with Gasteiger partial charge in [0.1, 0.15) is 0 Å². The van der Waals surface area contributed by atoms with Gasteiger partial charge in [0.2, 0.25) is 0 Å². The van der Waals surface area contributed by atoms with E-state index in [9.17, 15) is 0 Å². The van der Waals surface area contributed by atoms with E-state index in [1.54, 1.807) is 0 Å². The highest BCUT2D eigenvalue weighted by Gasteiger charge is 2.02. The van der Waals surface area contributed by atoms with Crippen molar-refractivity contribution in [3.63, 3.8) is 0 Å². The van der Waals surface area contributed by atoms with Crippen molar-refractivity contribution in [2.24, 2.45) is 0 Å². The first kappa shape index (κ1) is 11.8. The first-order chi connectivity index (χ1) is 9.36. The number of hydrogen-bond donors (Lipinski definition) is 1. The van der Waals surface area contributed by atoms with E-state index in [1.165, 1.54) is 10.8 Å². The predicted molar refractivity (Wildman–Crippen MR) is 77.7 cm³/mol. The minimum Gasteiger partial charge on any atom is -0.316 e. The zero-order valence-corrected chi connectivity index (χ0v) is 10.8. The molecule has 3 nitrogen and oxygen atoms in total. The van der Waals surface area contributed by atoms with E-state index in [0.29, 0.717) is 0 Å². The van der Waals surface area contributed by atoms with Crippen molar-refractivity contribution in [3.8, 4) is 11.4 Å². The molecule has 19 heavy (non-hydrogen) atoms. The number of rotatable bonds is 3. The fourth-order valence-corrected chi connectivity index (χ4v) is 2.13. The predicted octanol–water partition coefficient (Wildman–Crippen LogP) is 3.02. The maximum absolute atomic E-state index is 4.42. The largest absolute Gasteiger partial charge is 0.316 e. The zero-order chi connectivity index (χ0) is 13.1. The van der Waals surface area contributed by atoms with Gasteiger partial charge in [0.25, 0.3) is 0 Å². The number of aromatic nitrogens is 2. The molecule has 0 saturated heterocycles. The molecule has 0 bridgehead atoms. The molecule has 0 aliphatic carbocycles. The van der Waals surface area contributed by atoms with Gasteiger partial charge in [0.05, 0.1) is 0 Å². The van der Waals surface area contributed by atoms with Gasteiger partial charge >= 0.3 is 0 Å². The van der Waals surface area contributed by atoms with E-state index in [1.807, 2.05) is 31.6 Å². The lowest BCUT2D eigenvalue weighted by Crippen LogP contribution is -2.06. The Morgan fingerprint density at radius 2 is 1.68 bits per heavy atom. The Morgan fingerprint density at radius 3 is 2.42 bits per heavy atom. The minimum atomic E-state index is 0.769. The Bertz CT molecular complexity index is 690. The molecule has 3 rings (SSSR count). The van der Waals surface area contributed by atoms with Crippen LogP contribution in [0.4, 0.5) is 0 Å². The van der Waals surface area contributed by atoms with Crippen LogP contribution in [0.3, 0.4) is 0 Å². The number of fused-ring (bicyclic) bond motifs is 1. The summed E-state index contributed by atoms with van der Waals surface area (Å²) >= 11 is 0. The highest BCUT2D eigenvalue weighted by Crippen LogP contribution is 2.21. The third-order valence-electron chi connectivity index (χ3n) is 3.09. The Hall–Kier alpha value is -2.26. The van der Waals surface area contributed by atoms with Crippen molar-refractivity contribution in [3.05, 3.63) is 60.4 Å². The van der Waals surface area contributed by atoms with Crippen molar-refractivity contribution in [2.75, 3.05) is 7.05 Å². The van der Waals surface area contributed by atoms with Gasteiger partial charge in [-0.3, -0.25) is 0 Å². The molecule has 3 heteroatoms. The fourth-order valence-electron chi connectivity index (χ4n) is 2.13. The SMILES string of the molecule is CNCc1cnc(-c2ccc3ccccc3c2)nc1. The molecule has 0 aliphatic heterocycles. The average Bonchev–Trinajstić information content (AvgIpc) is 2.48. The number of nitrogens with one attached hydrogen (secondary N) is 1. The summed E-state index contributed by atoms with van der Waals surface area (Å²) in [5.74, 6) is 0.769. The maximum atomic E-state index is 4.42. The summed E-state index contributed by atoms with van der Waals surface area (Å²) in [4.78, 5) is 8.85. The van der Waals surface area contributed by atoms with Crippen LogP contribution >= 0.6 is 0 Å². The average molecular weight is 249 g/mol. The number of hydrogen-bond acceptors (Lipinski definition) is 3. The fraction of sp³-hybridized carbons (Fsp3) is 0.125. The number of benzene rings is 2. The van der Waals surface area contributed by atoms with E-state index in [2.05, 4.69) is 45.6 Å². The van der Waals surface area contributed by atoms with Crippen molar-refractivity contribution in [2.45, 2.75) is 6.54 Å². The molecule has 2 aromatic carbocycles. The van der Waals surface area contributed by atoms with Gasteiger partial charge in [-0.1, -0.05) is 36.4 Å². The Kier molecular flexibility index (Phi) is 3.21. The van der Waals surface area contributed by atoms with E-state index < -0.39 is 0 Å². The quantitative estimate of drug-likeness (QED) is 0.775. The van der Waals surface area contributed by atoms with Gasteiger partial charge in [-0.25, -0.2) is 9.97 Å². The van der Waals surface area contributed by atoms with Crippen molar-refractivity contribution in [1.29, 1.82) is 0 Å². The zero-order valence-electron chi connectivity index (χ0n) is 10.8. The van der Waals surface area contributed by atoms with E-state index in [0.717, 1.165) is 23.5 Å². The summed E-state index contributed by atoms with van der Waals surface area (Å²) in [6, 6.07) is 14.6. The highest BCUT2D eigenvalue weighted by molar-refractivity contribution is 5.86. The van der Waals surface area contributed by atoms with Crippen LogP contribution in [0.1, 0.15) is 5.56 Å². The van der Waals surface area contributed by atoms with E-state index in [4.69, 9.17) is 0 Å². The lowest BCUT2D eigenvalue weighted by atomic mass is 10.1. The molecule has 1 heterocycles. The first-order valence-electron chi connectivity index (χ1n) is 6.31. The third-order valence-corrected chi connectivity index (χ3v) is 3.09. The topological polar surface area (TPSA) is 37.8 Å². The summed E-state index contributed by atoms with van der Waals surface area (Å²) in [5.41, 5.74) is 2.14. The molecular formula is C16H15N3. The Balaban J connectivity index is 1.99. The molecule has 0 amide bonds. The normalized spacial score (nSPS) is 10.8. The van der Waals surface area contributed by atoms with Crippen molar-refractivity contribution < 1.29 is 0 Å². The smallest absolute Gasteiger partial charge is 0.159 e. The lowest BCUT2D eigenvalue weighted by Gasteiger charge is -2.04. The van der Waals surface area contributed by atoms with Gasteiger partial charge < -0.3 is 5.32 Å². The van der Waals surface area contributed by atoms with Crippen LogP contribution in [0.15, 0.2) is 54.9 Å². The molecular weight excluding hydrogens is 234 g/mol. The van der Waals surface area contributed by atoms with Crippen LogP contribution in [-0.2, 0) is 6.54 Å². The molecule has 3 aromatic rings. The summed E-state index contributed by atoms with van der Waals surface area (Å²) < 4.78 is 0. The Labute approximate surface area is 112 Å². The van der Waals surface area contributed by atoms with Crippen LogP contribution in [0, 0.1) is 0 Å². The van der Waals surface area contributed by atoms with Crippen molar-refractivity contribution >= 4 is 10.8 Å². The molecule has 0 saturated carbocycles. The minimum absolute atomic E-state index is 0.769. The molecule has 0 radical (unpaired) electrons. The molecule has 0 aliphatic rings. The van der Waals surface area contributed by atoms with Crippen LogP contribution in [-0.4, -0.2) is 17.0 Å². The van der Waals surface area contributed by atoms with Gasteiger partial charge in [-0.2, -0.15) is 0 Å². The molecule has 0 unspecified atom stereocenters. The monoisotopic (exact) mass is 249 g/mol. The second-order valence-corrected chi connectivity index (χ2v) is 4.51. The van der Waals surface area contributed by atoms with E-state index >= 15 is 0 Å². The summed E-state index contributed by atoms with van der Waals surface area (Å²) in [5, 5.41) is 5.53. The Morgan fingerprint density at radius 1 is 0.947 bits per heavy atom. The van der Waals surface area contributed by atoms with Crippen LogP contribution < -0.4 is 5.32 Å². The second kappa shape index (κ2) is 5.16. The van der Waals surface area contributed by atoms with Crippen molar-refractivity contribution in [1.82, 2.24) is 15.3 Å². The molecule has 1 N–H and O–H groups in total. The van der Waals surface area contributed by atoms with Gasteiger partial charge in [-0.15, -0.1) is 0 Å². The van der Waals surface area contributed by atoms with Gasteiger partial charge in [0.15, 0.2) is 5.82 Å². The summed E-state index contributed by atoms with van der Waals surface area (Å²) in [6.07, 6.45) is 3.74. The van der Waals surface area contributed by atoms with Crippen LogP contribution in [0.25, 0.3) is 22.2 Å². The molecule has 1 aromatic heterocycles. The standard InChI is InChI=1S/C16H15N3/c1-17-9-12-10-18-16(19-11-12)15-7-6-13-4-2-3-5-14(13)8-15/h2-8,10-11,17H,9H2,1H3. The van der Waals surface area contributed by atoms with Gasteiger partial charge in [-0.05, 0) is 23.9 Å². The third kappa shape index (κ3) is 2.46. The van der Waals surface area contributed by atoms with Crippen LogP contribution in [0.5, 0.6) is 0 Å². The summed E-state index contributed by atoms with van der Waals surface area (Å²) in [6.45, 7) is 0.790. The highest BCUT2D eigenvalue weighted by atomic mass is 14.9. The summed E-state index contributed by atoms with van der Waals surface area (Å²) in [7, 11) is 1.91. The second-order valence-electron chi connectivity index (χ2n) is 4.51. The lowest BCUT2D eigenvalue weighted by molar-refractivity contribution is 0.807. The van der Waals surface area contributed by atoms with Crippen LogP contribution in [0.2, 0.25) is 0 Å². The van der Waals surface area contributed by atoms with Gasteiger partial charge in [0, 0.05) is 30.1 Å². The molecule has 0 fully saturated rings. The molecule has 0 spiro atoms. The molecule has 0 atom stereocenters. The number of nitrogens with zero attached hydrogens (tertiary/aromatic N) is 2. The van der Waals surface area contributed by atoms with E-state index in [-0.39, 0.29) is 0 Å². The maximum Gasteiger partial charge on any atom is 0.159 e. The molecule has 94 valence electrons.